The van der Waals surface area contributed by atoms with Crippen LogP contribution < -0.4 is 11.1 Å². The number of amides is 1. The van der Waals surface area contributed by atoms with E-state index in [0.29, 0.717) is 0 Å². The van der Waals surface area contributed by atoms with E-state index in [0.717, 1.165) is 13.0 Å². The highest BCUT2D eigenvalue weighted by atomic mass is 16.1. The number of unbranched alkanes of at least 4 members (excludes halogenated alkanes) is 5. The van der Waals surface area contributed by atoms with Crippen LogP contribution >= 0.6 is 0 Å². The minimum atomic E-state index is -0.235. The smallest absolute Gasteiger partial charge is 0.234 e. The van der Waals surface area contributed by atoms with Gasteiger partial charge in [0.05, 0.1) is 6.04 Å². The zero-order chi connectivity index (χ0) is 12.4. The lowest BCUT2D eigenvalue weighted by Crippen LogP contribution is -2.45. The third-order valence-electron chi connectivity index (χ3n) is 2.87. The molecule has 0 rings (SSSR count). The van der Waals surface area contributed by atoms with Crippen LogP contribution in [0.2, 0.25) is 0 Å². The summed E-state index contributed by atoms with van der Waals surface area (Å²) in [6.07, 6.45) is 7.65. The van der Waals surface area contributed by atoms with Crippen molar-refractivity contribution < 1.29 is 4.79 Å². The van der Waals surface area contributed by atoms with E-state index in [-0.39, 0.29) is 17.9 Å². The summed E-state index contributed by atoms with van der Waals surface area (Å²) in [6.45, 7) is 7.16. The maximum absolute atomic E-state index is 11.1. The SMILES string of the molecule is CCCCCCCCNC(C(N)=O)C(C)C. The second-order valence-corrected chi connectivity index (χ2v) is 4.85. The standard InChI is InChI=1S/C13H28N2O/c1-4-5-6-7-8-9-10-15-12(11(2)3)13(14)16/h11-12,15H,4-10H2,1-3H3,(H2,14,16). The highest BCUT2D eigenvalue weighted by molar-refractivity contribution is 5.80. The van der Waals surface area contributed by atoms with Gasteiger partial charge in [-0.05, 0) is 18.9 Å². The van der Waals surface area contributed by atoms with Crippen molar-refractivity contribution in [2.75, 3.05) is 6.54 Å². The van der Waals surface area contributed by atoms with Gasteiger partial charge < -0.3 is 11.1 Å². The molecule has 0 fully saturated rings. The number of nitrogens with one attached hydrogen (secondary N) is 1. The van der Waals surface area contributed by atoms with Crippen LogP contribution in [0.4, 0.5) is 0 Å². The summed E-state index contributed by atoms with van der Waals surface area (Å²) in [5.74, 6) is 0.0403. The molecule has 1 unspecified atom stereocenters. The van der Waals surface area contributed by atoms with Gasteiger partial charge in [-0.1, -0.05) is 52.9 Å². The van der Waals surface area contributed by atoms with Crippen LogP contribution in [-0.2, 0) is 4.79 Å². The number of nitrogens with two attached hydrogens (primary N) is 1. The normalized spacial score (nSPS) is 13.0. The Hall–Kier alpha value is -0.570. The van der Waals surface area contributed by atoms with E-state index in [1.807, 2.05) is 13.8 Å². The second kappa shape index (κ2) is 9.64. The molecule has 3 nitrogen and oxygen atoms in total. The molecule has 0 aliphatic rings. The fourth-order valence-electron chi connectivity index (χ4n) is 1.83. The van der Waals surface area contributed by atoms with Gasteiger partial charge in [-0.3, -0.25) is 4.79 Å². The first kappa shape index (κ1) is 15.4. The molecule has 1 atom stereocenters. The average molecular weight is 228 g/mol. The summed E-state index contributed by atoms with van der Waals surface area (Å²) in [7, 11) is 0. The van der Waals surface area contributed by atoms with Crippen molar-refractivity contribution in [2.45, 2.75) is 65.3 Å². The zero-order valence-electron chi connectivity index (χ0n) is 11.1. The number of carbonyl (C=O) groups excluding carboxylic acids is 1. The topological polar surface area (TPSA) is 55.1 Å². The van der Waals surface area contributed by atoms with Gasteiger partial charge in [0.25, 0.3) is 0 Å². The molecule has 3 N–H and O–H groups in total. The Morgan fingerprint density at radius 3 is 2.19 bits per heavy atom. The fraction of sp³-hybridized carbons (Fsp3) is 0.923. The Kier molecular flexibility index (Phi) is 9.30. The van der Waals surface area contributed by atoms with Crippen LogP contribution in [0, 0.1) is 5.92 Å². The van der Waals surface area contributed by atoms with E-state index < -0.39 is 0 Å². The van der Waals surface area contributed by atoms with Crippen molar-refractivity contribution in [1.29, 1.82) is 0 Å². The number of hydrogen-bond donors (Lipinski definition) is 2. The van der Waals surface area contributed by atoms with Gasteiger partial charge in [0.1, 0.15) is 0 Å². The van der Waals surface area contributed by atoms with E-state index in [2.05, 4.69) is 12.2 Å². The van der Waals surface area contributed by atoms with Gasteiger partial charge in [0.2, 0.25) is 5.91 Å². The largest absolute Gasteiger partial charge is 0.368 e. The van der Waals surface area contributed by atoms with E-state index in [1.165, 1.54) is 32.1 Å². The summed E-state index contributed by atoms with van der Waals surface area (Å²) in [6, 6.07) is -0.171. The molecule has 0 aromatic heterocycles. The molecule has 0 spiro atoms. The van der Waals surface area contributed by atoms with Crippen LogP contribution in [0.15, 0.2) is 0 Å². The molecule has 3 heteroatoms. The average Bonchev–Trinajstić information content (AvgIpc) is 2.21. The second-order valence-electron chi connectivity index (χ2n) is 4.85. The Balaban J connectivity index is 3.45. The lowest BCUT2D eigenvalue weighted by atomic mass is 10.0. The van der Waals surface area contributed by atoms with Crippen LogP contribution in [0.1, 0.15) is 59.3 Å². The van der Waals surface area contributed by atoms with Crippen LogP contribution in [0.3, 0.4) is 0 Å². The molecule has 1 amide bonds. The predicted octanol–water partition coefficient (Wildman–Crippen LogP) is 2.45. The molecule has 0 aliphatic carbocycles. The van der Waals surface area contributed by atoms with E-state index >= 15 is 0 Å². The highest BCUT2D eigenvalue weighted by Gasteiger charge is 2.17. The maximum Gasteiger partial charge on any atom is 0.234 e. The molecule has 0 bridgehead atoms. The van der Waals surface area contributed by atoms with Gasteiger partial charge in [-0.15, -0.1) is 0 Å². The molecule has 16 heavy (non-hydrogen) atoms. The number of primary amides is 1. The Morgan fingerprint density at radius 1 is 1.12 bits per heavy atom. The van der Waals surface area contributed by atoms with Crippen molar-refractivity contribution in [1.82, 2.24) is 5.32 Å². The van der Waals surface area contributed by atoms with Gasteiger partial charge in [0, 0.05) is 0 Å². The lowest BCUT2D eigenvalue weighted by Gasteiger charge is -2.18. The van der Waals surface area contributed by atoms with E-state index in [1.54, 1.807) is 0 Å². The zero-order valence-corrected chi connectivity index (χ0v) is 11.1. The number of hydrogen-bond acceptors (Lipinski definition) is 2. The van der Waals surface area contributed by atoms with Crippen molar-refractivity contribution >= 4 is 5.91 Å². The first-order valence-electron chi connectivity index (χ1n) is 6.62. The van der Waals surface area contributed by atoms with Gasteiger partial charge in [-0.25, -0.2) is 0 Å². The fourth-order valence-corrected chi connectivity index (χ4v) is 1.83. The summed E-state index contributed by atoms with van der Waals surface area (Å²) >= 11 is 0. The number of rotatable bonds is 10. The van der Waals surface area contributed by atoms with Crippen LogP contribution in [0.25, 0.3) is 0 Å². The third kappa shape index (κ3) is 7.69. The summed E-state index contributed by atoms with van der Waals surface area (Å²) in [5.41, 5.74) is 5.32. The Morgan fingerprint density at radius 2 is 1.69 bits per heavy atom. The van der Waals surface area contributed by atoms with Crippen molar-refractivity contribution in [2.24, 2.45) is 11.7 Å². The third-order valence-corrected chi connectivity index (χ3v) is 2.87. The lowest BCUT2D eigenvalue weighted by molar-refractivity contribution is -0.121. The molecule has 0 aromatic rings. The van der Waals surface area contributed by atoms with Crippen molar-refractivity contribution in [3.05, 3.63) is 0 Å². The van der Waals surface area contributed by atoms with Crippen molar-refractivity contribution in [3.8, 4) is 0 Å². The van der Waals surface area contributed by atoms with Crippen LogP contribution in [-0.4, -0.2) is 18.5 Å². The first-order chi connectivity index (χ1) is 7.59. The number of carbonyl (C=O) groups is 1. The molecule has 0 aliphatic heterocycles. The summed E-state index contributed by atoms with van der Waals surface area (Å²) < 4.78 is 0. The van der Waals surface area contributed by atoms with Gasteiger partial charge in [0.15, 0.2) is 0 Å². The molecule has 0 radical (unpaired) electrons. The monoisotopic (exact) mass is 228 g/mol. The molecule has 0 aromatic carbocycles. The molecule has 0 saturated heterocycles. The predicted molar refractivity (Wildman–Crippen MR) is 69.2 cm³/mol. The minimum Gasteiger partial charge on any atom is -0.368 e. The first-order valence-corrected chi connectivity index (χ1v) is 6.62. The Labute approximate surface area is 100 Å². The molecular weight excluding hydrogens is 200 g/mol. The van der Waals surface area contributed by atoms with E-state index in [4.69, 9.17) is 5.73 Å². The molecule has 96 valence electrons. The van der Waals surface area contributed by atoms with Gasteiger partial charge in [-0.2, -0.15) is 0 Å². The summed E-state index contributed by atoms with van der Waals surface area (Å²) in [4.78, 5) is 11.1. The molecular formula is C13H28N2O. The van der Waals surface area contributed by atoms with Crippen LogP contribution in [0.5, 0.6) is 0 Å². The van der Waals surface area contributed by atoms with E-state index in [9.17, 15) is 4.79 Å². The van der Waals surface area contributed by atoms with Crippen molar-refractivity contribution in [3.63, 3.8) is 0 Å². The quantitative estimate of drug-likeness (QED) is 0.564. The van der Waals surface area contributed by atoms with Gasteiger partial charge >= 0.3 is 0 Å². The molecule has 0 saturated carbocycles. The Bertz CT molecular complexity index is 181. The molecule has 0 heterocycles. The maximum atomic E-state index is 11.1. The summed E-state index contributed by atoms with van der Waals surface area (Å²) in [5, 5.41) is 3.23. The minimum absolute atomic E-state index is 0.171. The highest BCUT2D eigenvalue weighted by Crippen LogP contribution is 2.05.